The van der Waals surface area contributed by atoms with Crippen LogP contribution in [0.5, 0.6) is 0 Å². The first-order valence-corrected chi connectivity index (χ1v) is 21.3. The predicted octanol–water partition coefficient (Wildman–Crippen LogP) is 7.44. The number of nitrogens with two attached hydrogens (primary N) is 1. The maximum absolute atomic E-state index is 12.3. The van der Waals surface area contributed by atoms with Gasteiger partial charge in [-0.05, 0) is 100 Å². The SMILES string of the molecule is COC(=O)C(C)(C)C(=O)CBr.COC(=O)C(C)(C)c1cn(-c2ccc(Br)cc2)c(-c2c(Cl)cccc2Cl)n1.NC(=Nc1ccc(Br)cc1)c1c(Cl)cccc1Cl.O=CO[O-].[Na+]. The van der Waals surface area contributed by atoms with Crippen molar-refractivity contribution in [2.45, 2.75) is 33.1 Å². The maximum Gasteiger partial charge on any atom is 1.00 e. The van der Waals surface area contributed by atoms with E-state index in [0.717, 1.165) is 20.3 Å². The first-order chi connectivity index (χ1) is 28.2. The molecule has 20 heteroatoms. The van der Waals surface area contributed by atoms with Crippen LogP contribution in [0.25, 0.3) is 17.1 Å². The molecule has 5 aromatic rings. The van der Waals surface area contributed by atoms with E-state index < -0.39 is 16.8 Å². The van der Waals surface area contributed by atoms with Crippen LogP contribution in [0.1, 0.15) is 39.0 Å². The average molecular weight is 1120 g/mol. The van der Waals surface area contributed by atoms with Crippen LogP contribution in [0, 0.1) is 5.41 Å². The predicted molar refractivity (Wildman–Crippen MR) is 244 cm³/mol. The second-order valence-corrected chi connectivity index (χ2v) is 17.0. The van der Waals surface area contributed by atoms with Gasteiger partial charge in [0.15, 0.2) is 5.78 Å². The van der Waals surface area contributed by atoms with Crippen molar-refractivity contribution in [3.8, 4) is 17.1 Å². The fourth-order valence-corrected chi connectivity index (χ4v) is 7.10. The van der Waals surface area contributed by atoms with Crippen LogP contribution < -0.4 is 40.5 Å². The molecule has 1 aromatic heterocycles. The number of aliphatic imine (C=N–C) groups is 1. The summed E-state index contributed by atoms with van der Waals surface area (Å²) in [6.45, 7) is 6.45. The summed E-state index contributed by atoms with van der Waals surface area (Å²) in [6.07, 6.45) is 1.81. The molecule has 0 aliphatic rings. The molecule has 0 spiro atoms. The molecule has 0 aliphatic carbocycles. The number of methoxy groups -OCH3 is 2. The van der Waals surface area contributed by atoms with Crippen LogP contribution in [0.4, 0.5) is 5.69 Å². The molecule has 0 aliphatic heterocycles. The molecule has 1 heterocycles. The van der Waals surface area contributed by atoms with Crippen molar-refractivity contribution in [1.29, 1.82) is 0 Å². The van der Waals surface area contributed by atoms with E-state index in [1.54, 1.807) is 64.1 Å². The second kappa shape index (κ2) is 26.7. The van der Waals surface area contributed by atoms with E-state index in [4.69, 9.17) is 71.9 Å². The molecule has 0 bridgehead atoms. The van der Waals surface area contributed by atoms with Gasteiger partial charge in [-0.15, -0.1) is 0 Å². The molecular weight excluding hydrogens is 1080 g/mol. The van der Waals surface area contributed by atoms with Crippen molar-refractivity contribution >= 4 is 130 Å². The number of nitrogens with zero attached hydrogens (tertiary/aromatic N) is 3. The molecule has 12 nitrogen and oxygen atoms in total. The molecule has 61 heavy (non-hydrogen) atoms. The van der Waals surface area contributed by atoms with Crippen molar-refractivity contribution in [1.82, 2.24) is 9.55 Å². The summed E-state index contributed by atoms with van der Waals surface area (Å²) in [7, 11) is 2.63. The Morgan fingerprint density at radius 3 is 1.67 bits per heavy atom. The minimum atomic E-state index is -1.03. The Morgan fingerprint density at radius 1 is 0.803 bits per heavy atom. The number of esters is 2. The molecular formula is C41H38Br3Cl4N4NaO8. The third-order valence-electron chi connectivity index (χ3n) is 8.18. The number of ether oxygens (including phenoxy) is 2. The normalized spacial score (nSPS) is 10.8. The van der Waals surface area contributed by atoms with Crippen molar-refractivity contribution in [2.75, 3.05) is 19.5 Å². The Labute approximate surface area is 421 Å². The van der Waals surface area contributed by atoms with Gasteiger partial charge in [0.2, 0.25) is 0 Å². The Kier molecular flexibility index (Phi) is 24.6. The van der Waals surface area contributed by atoms with Gasteiger partial charge in [-0.2, -0.15) is 0 Å². The standard InChI is InChI=1S/C20H17BrCl2N2O2.C13H9BrCl2N2.C7H11BrO3.CH2O3.Na/c1-20(2,19(26)27-3)16-11-25(13-9-7-12(21)8-10-13)18(24-16)17-14(22)5-4-6-15(17)23;14-8-4-6-9(7-5-8)18-13(17)12-10(15)2-1-3-11(12)16;1-7(2,5(9)4-8)6(10)11-3;2-1-4-3;/h4-11H,1-3H3;1-7H,(H2,17,18);4H2,1-3H3;1,3H;/q;;;;+1/p-1. The third kappa shape index (κ3) is 16.1. The molecule has 320 valence electrons. The number of halogens is 7. The largest absolute Gasteiger partial charge is 1.00 e. The summed E-state index contributed by atoms with van der Waals surface area (Å²) < 4.78 is 13.2. The zero-order chi connectivity index (χ0) is 45.4. The smallest absolute Gasteiger partial charge is 0.662 e. The van der Waals surface area contributed by atoms with Crippen LogP contribution >= 0.6 is 94.2 Å². The van der Waals surface area contributed by atoms with E-state index >= 15 is 0 Å². The van der Waals surface area contributed by atoms with Crippen LogP contribution in [0.3, 0.4) is 0 Å². The number of ketones is 1. The molecule has 5 rings (SSSR count). The Balaban J connectivity index is 0.000000472. The second-order valence-electron chi connectivity index (χ2n) is 12.9. The zero-order valence-electron chi connectivity index (χ0n) is 33.8. The van der Waals surface area contributed by atoms with Crippen LogP contribution in [0.2, 0.25) is 20.1 Å². The molecule has 0 atom stereocenters. The number of alkyl halides is 1. The molecule has 0 unspecified atom stereocenters. The average Bonchev–Trinajstić information content (AvgIpc) is 3.67. The van der Waals surface area contributed by atoms with Gasteiger partial charge in [-0.1, -0.05) is 106 Å². The topological polar surface area (TPSA) is 175 Å². The summed E-state index contributed by atoms with van der Waals surface area (Å²) in [5, 5.41) is 10.5. The number of benzene rings is 4. The monoisotopic (exact) mass is 1110 g/mol. The summed E-state index contributed by atoms with van der Waals surface area (Å²) in [5.74, 6) is -0.195. The number of Topliss-reactive ketones (excluding diaryl/α,β-unsaturated/α-hetero) is 1. The first-order valence-electron chi connectivity index (χ1n) is 17.0. The number of carbonyl (C=O) groups is 4. The number of hydrogen-bond acceptors (Lipinski definition) is 10. The molecule has 0 saturated carbocycles. The quantitative estimate of drug-likeness (QED) is 0.0170. The Bertz CT molecular complexity index is 2240. The van der Waals surface area contributed by atoms with Gasteiger partial charge in [0.05, 0.1) is 62.1 Å². The van der Waals surface area contributed by atoms with E-state index in [1.807, 2.05) is 59.3 Å². The van der Waals surface area contributed by atoms with Crippen LogP contribution in [0.15, 0.2) is 105 Å². The summed E-state index contributed by atoms with van der Waals surface area (Å²) in [4.78, 5) is 54.6. The summed E-state index contributed by atoms with van der Waals surface area (Å²) in [5.41, 5.74) is 7.31. The number of aromatic nitrogens is 2. The third-order valence-corrected chi connectivity index (χ3v) is 11.0. The molecule has 4 aromatic carbocycles. The van der Waals surface area contributed by atoms with E-state index in [2.05, 4.69) is 62.4 Å². The van der Waals surface area contributed by atoms with Crippen molar-refractivity contribution in [2.24, 2.45) is 16.1 Å². The van der Waals surface area contributed by atoms with Gasteiger partial charge in [0, 0.05) is 20.8 Å². The van der Waals surface area contributed by atoms with E-state index in [0.29, 0.717) is 48.6 Å². The minimum absolute atomic E-state index is 0. The van der Waals surface area contributed by atoms with Gasteiger partial charge in [-0.25, -0.2) is 9.98 Å². The van der Waals surface area contributed by atoms with Gasteiger partial charge >= 0.3 is 41.5 Å². The van der Waals surface area contributed by atoms with Gasteiger partial charge < -0.3 is 25.4 Å². The van der Waals surface area contributed by atoms with Crippen molar-refractivity contribution in [3.63, 3.8) is 0 Å². The molecule has 0 fully saturated rings. The van der Waals surface area contributed by atoms with Crippen molar-refractivity contribution in [3.05, 3.63) is 131 Å². The molecule has 0 saturated heterocycles. The number of carbonyl (C=O) groups excluding carboxylic acids is 4. The number of imidazole rings is 1. The van der Waals surface area contributed by atoms with E-state index in [-0.39, 0.29) is 53.1 Å². The van der Waals surface area contributed by atoms with Gasteiger partial charge in [0.25, 0.3) is 6.47 Å². The van der Waals surface area contributed by atoms with Gasteiger partial charge in [0.1, 0.15) is 22.5 Å². The van der Waals surface area contributed by atoms with Crippen LogP contribution in [-0.4, -0.2) is 59.1 Å². The maximum atomic E-state index is 12.3. The van der Waals surface area contributed by atoms with E-state index in [1.165, 1.54) is 14.2 Å². The number of amidine groups is 1. The fourth-order valence-electron chi connectivity index (χ4n) is 4.72. The summed E-state index contributed by atoms with van der Waals surface area (Å²) >= 11 is 34.8. The summed E-state index contributed by atoms with van der Waals surface area (Å²) in [6, 6.07) is 25.7. The van der Waals surface area contributed by atoms with E-state index in [9.17, 15) is 14.4 Å². The zero-order valence-corrected chi connectivity index (χ0v) is 43.6. The first kappa shape index (κ1) is 56.2. The number of hydrogen-bond donors (Lipinski definition) is 1. The van der Waals surface area contributed by atoms with Gasteiger partial charge in [-0.3, -0.25) is 23.7 Å². The van der Waals surface area contributed by atoms with Crippen LogP contribution in [-0.2, 0) is 39.0 Å². The molecule has 0 radical (unpaired) electrons. The Hall–Kier alpha value is -2.80. The molecule has 2 N–H and O–H groups in total. The Morgan fingerprint density at radius 2 is 1.25 bits per heavy atom. The minimum Gasteiger partial charge on any atom is -0.662 e. The molecule has 0 amide bonds. The number of rotatable bonds is 10. The fraction of sp³-hybridized carbons (Fsp3) is 0.220. The van der Waals surface area contributed by atoms with Crippen molar-refractivity contribution < 1.29 is 68.4 Å².